The number of anilines is 1. The van der Waals surface area contributed by atoms with E-state index in [1.54, 1.807) is 10.9 Å². The number of para-hydroxylation sites is 1. The van der Waals surface area contributed by atoms with Crippen LogP contribution < -0.4 is 5.73 Å². The van der Waals surface area contributed by atoms with E-state index in [1.165, 1.54) is 0 Å². The molecule has 0 aliphatic rings. The van der Waals surface area contributed by atoms with Gasteiger partial charge in [-0.15, -0.1) is 10.6 Å². The fourth-order valence-corrected chi connectivity index (χ4v) is 2.36. The van der Waals surface area contributed by atoms with E-state index >= 15 is 0 Å². The molecule has 2 heterocycles. The molecule has 0 aliphatic heterocycles. The zero-order chi connectivity index (χ0) is 15.7. The van der Waals surface area contributed by atoms with E-state index in [0.717, 1.165) is 11.0 Å². The quantitative estimate of drug-likeness (QED) is 0.549. The normalized spacial score (nSPS) is 11.2. The Morgan fingerprint density at radius 3 is 2.73 bits per heavy atom. The first kappa shape index (κ1) is 14.2. The van der Waals surface area contributed by atoms with Gasteiger partial charge in [0.1, 0.15) is 13.6 Å². The number of benzene rings is 1. The fraction of sp³-hybridized carbons (Fsp3) is 0.200. The summed E-state index contributed by atoms with van der Waals surface area (Å²) < 4.78 is 1.64. The molecule has 0 spiro atoms. The summed E-state index contributed by atoms with van der Waals surface area (Å²) in [6, 6.07) is 7.68. The van der Waals surface area contributed by atoms with Gasteiger partial charge in [-0.2, -0.15) is 4.68 Å². The Bertz CT molecular complexity index is 898. The summed E-state index contributed by atoms with van der Waals surface area (Å²) in [6.45, 7) is 6.50. The van der Waals surface area contributed by atoms with E-state index in [-0.39, 0.29) is 0 Å². The number of nitrogens with two attached hydrogens (primary N) is 1. The zero-order valence-corrected chi connectivity index (χ0v) is 13.7. The fourth-order valence-electron chi connectivity index (χ4n) is 1.87. The highest BCUT2D eigenvalue weighted by Gasteiger charge is 2.11. The first-order valence-electron chi connectivity index (χ1n) is 6.90. The molecule has 1 aromatic carbocycles. The molecule has 0 radical (unpaired) electrons. The van der Waals surface area contributed by atoms with Gasteiger partial charge in [0.05, 0.1) is 11.7 Å². The highest BCUT2D eigenvalue weighted by Crippen LogP contribution is 2.15. The van der Waals surface area contributed by atoms with Gasteiger partial charge in [-0.3, -0.25) is 0 Å². The minimum absolute atomic E-state index is 0.332. The van der Waals surface area contributed by atoms with Crippen LogP contribution in [0.3, 0.4) is 0 Å². The molecule has 0 atom stereocenters. The number of hydrogen-bond donors (Lipinski definition) is 1. The van der Waals surface area contributed by atoms with Crippen LogP contribution in [0, 0.1) is 11.5 Å². The third kappa shape index (κ3) is 2.82. The zero-order valence-electron chi connectivity index (χ0n) is 12.7. The Morgan fingerprint density at radius 1 is 1.18 bits per heavy atom. The predicted octanol–water partition coefficient (Wildman–Crippen LogP) is 2.02. The van der Waals surface area contributed by atoms with Crippen LogP contribution >= 0.6 is 0 Å². The lowest BCUT2D eigenvalue weighted by Crippen LogP contribution is -2.16. The van der Waals surface area contributed by atoms with Gasteiger partial charge in [0.2, 0.25) is 0 Å². The Hall–Kier alpha value is -2.72. The standard InChI is InChI=1S/C15H16N6Si/c1-22(2,3)9-8-12-15(16)17-10-14(18-12)21-13-7-5-4-6-11(13)19-20-21/h4-7,10H,1-3H3,(H2,16,17). The smallest absolute Gasteiger partial charge is 0.175 e. The lowest BCUT2D eigenvalue weighted by molar-refractivity contribution is 0.795. The maximum Gasteiger partial charge on any atom is 0.175 e. The van der Waals surface area contributed by atoms with E-state index < -0.39 is 8.07 Å². The minimum Gasteiger partial charge on any atom is -0.381 e. The molecular weight excluding hydrogens is 292 g/mol. The van der Waals surface area contributed by atoms with Crippen molar-refractivity contribution in [2.75, 3.05) is 5.73 Å². The van der Waals surface area contributed by atoms with Crippen LogP contribution in [0.4, 0.5) is 5.82 Å². The van der Waals surface area contributed by atoms with Gasteiger partial charge in [-0.05, 0) is 12.1 Å². The molecule has 0 saturated heterocycles. The second-order valence-corrected chi connectivity index (χ2v) is 10.7. The third-order valence-corrected chi connectivity index (χ3v) is 3.79. The predicted molar refractivity (Wildman–Crippen MR) is 89.1 cm³/mol. The van der Waals surface area contributed by atoms with Crippen molar-refractivity contribution in [2.45, 2.75) is 19.6 Å². The van der Waals surface area contributed by atoms with Gasteiger partial charge < -0.3 is 5.73 Å². The second-order valence-electron chi connectivity index (χ2n) is 5.95. The van der Waals surface area contributed by atoms with E-state index in [4.69, 9.17) is 5.73 Å². The van der Waals surface area contributed by atoms with Crippen molar-refractivity contribution >= 4 is 24.9 Å². The molecule has 0 amide bonds. The van der Waals surface area contributed by atoms with Crippen LogP contribution in [-0.4, -0.2) is 33.0 Å². The molecule has 2 aromatic heterocycles. The van der Waals surface area contributed by atoms with Crippen LogP contribution in [0.5, 0.6) is 0 Å². The average molecular weight is 308 g/mol. The summed E-state index contributed by atoms with van der Waals surface area (Å²) >= 11 is 0. The first-order valence-corrected chi connectivity index (χ1v) is 10.4. The van der Waals surface area contributed by atoms with Crippen molar-refractivity contribution in [3.05, 3.63) is 36.2 Å². The molecule has 7 heteroatoms. The lowest BCUT2D eigenvalue weighted by atomic mass is 10.3. The van der Waals surface area contributed by atoms with Gasteiger partial charge in [0, 0.05) is 0 Å². The molecule has 3 rings (SSSR count). The van der Waals surface area contributed by atoms with Crippen molar-refractivity contribution in [2.24, 2.45) is 0 Å². The minimum atomic E-state index is -1.51. The third-order valence-electron chi connectivity index (χ3n) is 2.91. The topological polar surface area (TPSA) is 82.5 Å². The van der Waals surface area contributed by atoms with Crippen LogP contribution in [-0.2, 0) is 0 Å². The molecule has 2 N–H and O–H groups in total. The van der Waals surface area contributed by atoms with Crippen molar-refractivity contribution in [1.82, 2.24) is 25.0 Å². The summed E-state index contributed by atoms with van der Waals surface area (Å²) in [4.78, 5) is 8.67. The summed E-state index contributed by atoms with van der Waals surface area (Å²) in [5.41, 5.74) is 11.3. The lowest BCUT2D eigenvalue weighted by Gasteiger charge is -2.05. The molecule has 0 bridgehead atoms. The summed E-state index contributed by atoms with van der Waals surface area (Å²) in [5, 5.41) is 8.25. The Morgan fingerprint density at radius 2 is 1.95 bits per heavy atom. The van der Waals surface area contributed by atoms with Crippen LogP contribution in [0.1, 0.15) is 5.69 Å². The second kappa shape index (κ2) is 5.24. The number of aromatic nitrogens is 5. The Kier molecular flexibility index (Phi) is 3.39. The van der Waals surface area contributed by atoms with E-state index in [1.807, 2.05) is 24.3 Å². The van der Waals surface area contributed by atoms with Crippen molar-refractivity contribution < 1.29 is 0 Å². The van der Waals surface area contributed by atoms with Crippen molar-refractivity contribution in [3.8, 4) is 17.3 Å². The number of nitrogens with zero attached hydrogens (tertiary/aromatic N) is 5. The Balaban J connectivity index is 2.11. The number of fused-ring (bicyclic) bond motifs is 1. The molecule has 0 saturated carbocycles. The average Bonchev–Trinajstić information content (AvgIpc) is 2.89. The molecule has 0 unspecified atom stereocenters. The number of hydrogen-bond acceptors (Lipinski definition) is 5. The highest BCUT2D eigenvalue weighted by molar-refractivity contribution is 6.83. The molecule has 22 heavy (non-hydrogen) atoms. The SMILES string of the molecule is C[Si](C)(C)C#Cc1nc(-n2nnc3ccccc32)cnc1N. The Labute approximate surface area is 129 Å². The van der Waals surface area contributed by atoms with Crippen LogP contribution in [0.15, 0.2) is 30.5 Å². The molecule has 6 nitrogen and oxygen atoms in total. The molecule has 110 valence electrons. The molecular formula is C15H16N6Si. The van der Waals surface area contributed by atoms with Crippen molar-refractivity contribution in [1.29, 1.82) is 0 Å². The number of rotatable bonds is 1. The summed E-state index contributed by atoms with van der Waals surface area (Å²) in [6.07, 6.45) is 1.58. The van der Waals surface area contributed by atoms with Gasteiger partial charge in [0.25, 0.3) is 0 Å². The van der Waals surface area contributed by atoms with Gasteiger partial charge in [-0.25, -0.2) is 9.97 Å². The monoisotopic (exact) mass is 308 g/mol. The van der Waals surface area contributed by atoms with E-state index in [9.17, 15) is 0 Å². The van der Waals surface area contributed by atoms with E-state index in [2.05, 4.69) is 51.4 Å². The molecule has 0 fully saturated rings. The summed E-state index contributed by atoms with van der Waals surface area (Å²) in [5.74, 6) is 3.95. The van der Waals surface area contributed by atoms with Gasteiger partial charge in [0.15, 0.2) is 17.3 Å². The first-order chi connectivity index (χ1) is 10.4. The van der Waals surface area contributed by atoms with Gasteiger partial charge >= 0.3 is 0 Å². The summed E-state index contributed by atoms with van der Waals surface area (Å²) in [7, 11) is -1.51. The van der Waals surface area contributed by atoms with E-state index in [0.29, 0.717) is 17.3 Å². The largest absolute Gasteiger partial charge is 0.381 e. The van der Waals surface area contributed by atoms with Gasteiger partial charge in [-0.1, -0.05) is 42.9 Å². The number of nitrogen functional groups attached to an aromatic ring is 1. The van der Waals surface area contributed by atoms with Crippen LogP contribution in [0.2, 0.25) is 19.6 Å². The highest BCUT2D eigenvalue weighted by atomic mass is 28.3. The van der Waals surface area contributed by atoms with Crippen molar-refractivity contribution in [3.63, 3.8) is 0 Å². The maximum absolute atomic E-state index is 5.88. The maximum atomic E-state index is 5.88. The molecule has 0 aliphatic carbocycles. The molecule has 3 aromatic rings. The van der Waals surface area contributed by atoms with Crippen LogP contribution in [0.25, 0.3) is 16.9 Å².